The quantitative estimate of drug-likeness (QED) is 0.657. The Hall–Kier alpha value is -2.60. The highest BCUT2D eigenvalue weighted by Gasteiger charge is 2.19. The van der Waals surface area contributed by atoms with Crippen LogP contribution in [0.25, 0.3) is 21.1 Å². The van der Waals surface area contributed by atoms with E-state index in [1.165, 1.54) is 5.56 Å². The third-order valence-corrected chi connectivity index (χ3v) is 5.15. The van der Waals surface area contributed by atoms with Crippen molar-refractivity contribution in [1.82, 2.24) is 15.0 Å². The van der Waals surface area contributed by atoms with Gasteiger partial charge < -0.3 is 4.84 Å². The molecule has 0 aromatic carbocycles. The summed E-state index contributed by atoms with van der Waals surface area (Å²) in [5.41, 5.74) is 5.11. The van der Waals surface area contributed by atoms with Crippen LogP contribution in [0.5, 0.6) is 0 Å². The van der Waals surface area contributed by atoms with Gasteiger partial charge in [0, 0.05) is 24.2 Å². The largest absolute Gasteiger partial charge is 0.396 e. The molecule has 0 unspecified atom stereocenters. The lowest BCUT2D eigenvalue weighted by Gasteiger charge is -2.17. The number of thiazole rings is 1. The number of hydrogen-bond acceptors (Lipinski definition) is 6. The van der Waals surface area contributed by atoms with E-state index >= 15 is 0 Å². The summed E-state index contributed by atoms with van der Waals surface area (Å²) in [5, 5.41) is 5.21. The maximum absolute atomic E-state index is 5.27. The molecule has 1 aliphatic rings. The first-order valence-corrected chi connectivity index (χ1v) is 9.22. The van der Waals surface area contributed by atoms with Crippen LogP contribution in [0.15, 0.2) is 48.0 Å². The van der Waals surface area contributed by atoms with Gasteiger partial charge in [0.1, 0.15) is 17.3 Å². The van der Waals surface area contributed by atoms with Gasteiger partial charge in [0.05, 0.1) is 16.3 Å². The molecular formula is C19H18N4OS. The lowest BCUT2D eigenvalue weighted by Crippen LogP contribution is -2.15. The van der Waals surface area contributed by atoms with Crippen LogP contribution >= 0.6 is 11.3 Å². The maximum Gasteiger partial charge on any atom is 0.125 e. The van der Waals surface area contributed by atoms with Crippen molar-refractivity contribution in [2.75, 3.05) is 6.61 Å². The van der Waals surface area contributed by atoms with Gasteiger partial charge in [-0.1, -0.05) is 11.2 Å². The smallest absolute Gasteiger partial charge is 0.125 e. The zero-order valence-corrected chi connectivity index (χ0v) is 14.8. The molecule has 0 amide bonds. The van der Waals surface area contributed by atoms with Crippen molar-refractivity contribution in [2.45, 2.75) is 26.2 Å². The standard InChI is InChI=1S/C19H18N4OS/c1-2-24-23-16-7-3-5-13-8-9-15(22-18(13)16)17-12-21-19(25-17)14-6-4-10-20-11-14/h4,6,8-12H,2-3,5,7H2,1H3. The van der Waals surface area contributed by atoms with Gasteiger partial charge in [0.25, 0.3) is 0 Å². The number of rotatable bonds is 4. The second kappa shape index (κ2) is 7.11. The van der Waals surface area contributed by atoms with E-state index in [2.05, 4.69) is 27.3 Å². The molecular weight excluding hydrogens is 332 g/mol. The summed E-state index contributed by atoms with van der Waals surface area (Å²) in [4.78, 5) is 19.9. The molecule has 0 N–H and O–H groups in total. The third-order valence-electron chi connectivity index (χ3n) is 4.08. The molecule has 0 saturated heterocycles. The second-order valence-electron chi connectivity index (χ2n) is 5.78. The van der Waals surface area contributed by atoms with Gasteiger partial charge in [0.2, 0.25) is 0 Å². The predicted octanol–water partition coefficient (Wildman–Crippen LogP) is 4.34. The highest BCUT2D eigenvalue weighted by atomic mass is 32.1. The number of oxime groups is 1. The van der Waals surface area contributed by atoms with Gasteiger partial charge in [-0.05, 0) is 49.9 Å². The molecule has 0 bridgehead atoms. The molecule has 4 rings (SSSR count). The normalized spacial score (nSPS) is 15.2. The molecule has 3 aromatic heterocycles. The lowest BCUT2D eigenvalue weighted by atomic mass is 9.94. The topological polar surface area (TPSA) is 60.3 Å². The van der Waals surface area contributed by atoms with Crippen LogP contribution in [0.1, 0.15) is 31.0 Å². The fourth-order valence-corrected chi connectivity index (χ4v) is 3.76. The minimum atomic E-state index is 0.571. The first-order chi connectivity index (χ1) is 12.3. The Morgan fingerprint density at radius 1 is 1.20 bits per heavy atom. The van der Waals surface area contributed by atoms with Gasteiger partial charge in [-0.2, -0.15) is 0 Å². The van der Waals surface area contributed by atoms with Gasteiger partial charge in [-0.15, -0.1) is 11.3 Å². The number of aromatic nitrogens is 3. The van der Waals surface area contributed by atoms with Crippen LogP contribution in [0.4, 0.5) is 0 Å². The summed E-state index contributed by atoms with van der Waals surface area (Å²) in [6.07, 6.45) is 8.51. The second-order valence-corrected chi connectivity index (χ2v) is 6.82. The molecule has 1 aliphatic carbocycles. The molecule has 3 aromatic rings. The number of aryl methyl sites for hydroxylation is 1. The first-order valence-electron chi connectivity index (χ1n) is 8.41. The number of fused-ring (bicyclic) bond motifs is 1. The van der Waals surface area contributed by atoms with Crippen LogP contribution < -0.4 is 0 Å². The van der Waals surface area contributed by atoms with Crippen molar-refractivity contribution >= 4 is 17.0 Å². The fourth-order valence-electron chi connectivity index (χ4n) is 2.89. The minimum Gasteiger partial charge on any atom is -0.396 e. The summed E-state index contributed by atoms with van der Waals surface area (Å²) in [6, 6.07) is 8.16. The van der Waals surface area contributed by atoms with Crippen molar-refractivity contribution in [3.63, 3.8) is 0 Å². The summed E-state index contributed by atoms with van der Waals surface area (Å²) in [5.74, 6) is 0. The van der Waals surface area contributed by atoms with Crippen molar-refractivity contribution in [3.05, 3.63) is 54.1 Å². The van der Waals surface area contributed by atoms with E-state index in [1.807, 2.05) is 31.5 Å². The molecule has 126 valence electrons. The summed E-state index contributed by atoms with van der Waals surface area (Å²) >= 11 is 1.62. The summed E-state index contributed by atoms with van der Waals surface area (Å²) < 4.78 is 0. The Morgan fingerprint density at radius 2 is 2.16 bits per heavy atom. The molecule has 0 aliphatic heterocycles. The van der Waals surface area contributed by atoms with E-state index < -0.39 is 0 Å². The van der Waals surface area contributed by atoms with Crippen LogP contribution in [0.2, 0.25) is 0 Å². The Kier molecular flexibility index (Phi) is 4.52. The Balaban J connectivity index is 1.69. The lowest BCUT2D eigenvalue weighted by molar-refractivity contribution is 0.158. The zero-order chi connectivity index (χ0) is 17.1. The van der Waals surface area contributed by atoms with Crippen LogP contribution in [-0.2, 0) is 11.3 Å². The van der Waals surface area contributed by atoms with E-state index in [-0.39, 0.29) is 0 Å². The summed E-state index contributed by atoms with van der Waals surface area (Å²) in [6.45, 7) is 2.51. The van der Waals surface area contributed by atoms with E-state index in [0.29, 0.717) is 6.61 Å². The van der Waals surface area contributed by atoms with Crippen molar-refractivity contribution in [2.24, 2.45) is 5.16 Å². The average molecular weight is 350 g/mol. The van der Waals surface area contributed by atoms with Crippen molar-refractivity contribution < 1.29 is 4.84 Å². The minimum absolute atomic E-state index is 0.571. The maximum atomic E-state index is 5.27. The van der Waals surface area contributed by atoms with E-state index in [1.54, 1.807) is 17.5 Å². The van der Waals surface area contributed by atoms with E-state index in [9.17, 15) is 0 Å². The van der Waals surface area contributed by atoms with Gasteiger partial charge in [0.15, 0.2) is 0 Å². The molecule has 0 radical (unpaired) electrons. The highest BCUT2D eigenvalue weighted by molar-refractivity contribution is 7.18. The van der Waals surface area contributed by atoms with Crippen LogP contribution in [0, 0.1) is 0 Å². The van der Waals surface area contributed by atoms with Gasteiger partial charge in [-0.25, -0.2) is 9.97 Å². The molecule has 0 fully saturated rings. The van der Waals surface area contributed by atoms with Crippen LogP contribution in [0.3, 0.4) is 0 Å². The average Bonchev–Trinajstić information content (AvgIpc) is 3.17. The number of nitrogens with zero attached hydrogens (tertiary/aromatic N) is 4. The zero-order valence-electron chi connectivity index (χ0n) is 14.0. The number of pyridine rings is 2. The van der Waals surface area contributed by atoms with Gasteiger partial charge >= 0.3 is 0 Å². The van der Waals surface area contributed by atoms with E-state index in [4.69, 9.17) is 9.82 Å². The molecule has 6 heteroatoms. The Bertz CT molecular complexity index is 905. The van der Waals surface area contributed by atoms with Crippen molar-refractivity contribution in [1.29, 1.82) is 0 Å². The molecule has 25 heavy (non-hydrogen) atoms. The Labute approximate surface area is 150 Å². The molecule has 3 heterocycles. The first kappa shape index (κ1) is 15.9. The molecule has 0 spiro atoms. The number of hydrogen-bond donors (Lipinski definition) is 0. The molecule has 0 saturated carbocycles. The van der Waals surface area contributed by atoms with Crippen molar-refractivity contribution in [3.8, 4) is 21.1 Å². The highest BCUT2D eigenvalue weighted by Crippen LogP contribution is 2.32. The third kappa shape index (κ3) is 3.30. The van der Waals surface area contributed by atoms with E-state index in [0.717, 1.165) is 51.8 Å². The van der Waals surface area contributed by atoms with Crippen LogP contribution in [-0.4, -0.2) is 27.3 Å². The fraction of sp³-hybridized carbons (Fsp3) is 0.263. The monoisotopic (exact) mass is 350 g/mol. The predicted molar refractivity (Wildman–Crippen MR) is 99.7 cm³/mol. The van der Waals surface area contributed by atoms with Gasteiger partial charge in [-0.3, -0.25) is 4.98 Å². The Morgan fingerprint density at radius 3 is 3.00 bits per heavy atom. The SMILES string of the molecule is CCON=C1CCCc2ccc(-c3cnc(-c4cccnc4)s3)nc21. The summed E-state index contributed by atoms with van der Waals surface area (Å²) in [7, 11) is 0. The molecule has 0 atom stereocenters. The molecule has 5 nitrogen and oxygen atoms in total.